The molecule has 1 amide bonds. The number of hydrogen-bond donors (Lipinski definition) is 2. The van der Waals surface area contributed by atoms with Crippen LogP contribution in [0.1, 0.15) is 27.0 Å². The molecule has 0 aromatic heterocycles. The lowest BCUT2D eigenvalue weighted by molar-refractivity contribution is -0.137. The lowest BCUT2D eigenvalue weighted by Gasteiger charge is -2.11. The van der Waals surface area contributed by atoms with Crippen LogP contribution in [0.3, 0.4) is 0 Å². The smallest absolute Gasteiger partial charge is 0.341 e. The summed E-state index contributed by atoms with van der Waals surface area (Å²) in [6.45, 7) is 1.45. The molecule has 0 saturated heterocycles. The maximum atomic E-state index is 13.0. The summed E-state index contributed by atoms with van der Waals surface area (Å²) < 4.78 is 79.0. The first-order valence-corrected chi connectivity index (χ1v) is 11.3. The van der Waals surface area contributed by atoms with E-state index in [9.17, 15) is 30.8 Å². The van der Waals surface area contributed by atoms with Gasteiger partial charge in [-0.05, 0) is 67.1 Å². The molecule has 176 valence electrons. The molecule has 0 bridgehead atoms. The zero-order chi connectivity index (χ0) is 24.9. The van der Waals surface area contributed by atoms with Crippen molar-refractivity contribution in [3.63, 3.8) is 0 Å². The minimum atomic E-state index is -4.49. The van der Waals surface area contributed by atoms with Crippen molar-refractivity contribution in [2.75, 3.05) is 11.3 Å². The second-order valence-electron chi connectivity index (χ2n) is 7.15. The third kappa shape index (κ3) is 6.36. The summed E-state index contributed by atoms with van der Waals surface area (Å²) in [4.78, 5) is 12.4. The summed E-state index contributed by atoms with van der Waals surface area (Å²) in [6.07, 6.45) is -4.49. The molecular formula is C24H18F4N2O3S. The van der Waals surface area contributed by atoms with Gasteiger partial charge in [-0.25, -0.2) is 12.8 Å². The predicted molar refractivity (Wildman–Crippen MR) is 119 cm³/mol. The Morgan fingerprint density at radius 1 is 1.00 bits per heavy atom. The normalized spacial score (nSPS) is 11.3. The average Bonchev–Trinajstić information content (AvgIpc) is 2.78. The molecule has 5 nitrogen and oxygen atoms in total. The van der Waals surface area contributed by atoms with Crippen LogP contribution >= 0.6 is 0 Å². The molecule has 0 spiro atoms. The topological polar surface area (TPSA) is 75.3 Å². The van der Waals surface area contributed by atoms with Crippen LogP contribution < -0.4 is 10.0 Å². The van der Waals surface area contributed by atoms with Crippen LogP contribution in [0.15, 0.2) is 71.6 Å². The van der Waals surface area contributed by atoms with Crippen LogP contribution in [0.25, 0.3) is 0 Å². The molecule has 0 aliphatic heterocycles. The van der Waals surface area contributed by atoms with E-state index in [0.717, 1.165) is 24.3 Å². The van der Waals surface area contributed by atoms with Crippen molar-refractivity contribution in [1.82, 2.24) is 5.32 Å². The molecule has 0 radical (unpaired) electrons. The van der Waals surface area contributed by atoms with Gasteiger partial charge in [-0.2, -0.15) is 13.2 Å². The number of sulfonamides is 1. The Morgan fingerprint density at radius 2 is 1.71 bits per heavy atom. The largest absolute Gasteiger partial charge is 0.416 e. The molecule has 3 aromatic carbocycles. The van der Waals surface area contributed by atoms with Gasteiger partial charge in [0.05, 0.1) is 17.0 Å². The number of nitrogens with one attached hydrogen (secondary N) is 2. The third-order valence-corrected chi connectivity index (χ3v) is 6.00. The van der Waals surface area contributed by atoms with E-state index in [1.54, 1.807) is 6.92 Å². The van der Waals surface area contributed by atoms with E-state index in [1.165, 1.54) is 42.5 Å². The fourth-order valence-corrected chi connectivity index (χ4v) is 3.97. The van der Waals surface area contributed by atoms with E-state index in [4.69, 9.17) is 0 Å². The zero-order valence-corrected chi connectivity index (χ0v) is 18.5. The van der Waals surface area contributed by atoms with Crippen LogP contribution in [-0.4, -0.2) is 20.9 Å². The van der Waals surface area contributed by atoms with Gasteiger partial charge in [-0.3, -0.25) is 9.52 Å². The number of carbonyl (C=O) groups excluding carboxylic acids is 1. The number of benzene rings is 3. The predicted octanol–water partition coefficient (Wildman–Crippen LogP) is 4.74. The Bertz CT molecular complexity index is 1370. The minimum absolute atomic E-state index is 0.0860. The standard InChI is InChI=1S/C24H18F4N2O3S/c1-16-7-12-21(34(32,33)30-20-10-8-19(25)9-11-20)15-22(16)23(31)29-13-3-5-17-4-2-6-18(14-17)24(26,27)28/h2,4,6-12,14-15,30H,13H2,1H3,(H,29,31). The van der Waals surface area contributed by atoms with Crippen molar-refractivity contribution in [1.29, 1.82) is 0 Å². The number of carbonyl (C=O) groups is 1. The first kappa shape index (κ1) is 24.8. The maximum Gasteiger partial charge on any atom is 0.416 e. The Hall–Kier alpha value is -3.84. The Morgan fingerprint density at radius 3 is 2.38 bits per heavy atom. The van der Waals surface area contributed by atoms with Gasteiger partial charge < -0.3 is 5.32 Å². The highest BCUT2D eigenvalue weighted by Gasteiger charge is 2.30. The summed E-state index contributed by atoms with van der Waals surface area (Å²) in [6, 6.07) is 13.2. The van der Waals surface area contributed by atoms with Crippen LogP contribution in [-0.2, 0) is 16.2 Å². The number of aryl methyl sites for hydroxylation is 1. The second-order valence-corrected chi connectivity index (χ2v) is 8.83. The highest BCUT2D eigenvalue weighted by molar-refractivity contribution is 7.92. The lowest BCUT2D eigenvalue weighted by Crippen LogP contribution is -2.25. The van der Waals surface area contributed by atoms with Gasteiger partial charge in [-0.1, -0.05) is 24.0 Å². The number of rotatable bonds is 5. The number of amides is 1. The summed E-state index contributed by atoms with van der Waals surface area (Å²) in [5.41, 5.74) is 0.0520. The minimum Gasteiger partial charge on any atom is -0.341 e. The monoisotopic (exact) mass is 490 g/mol. The summed E-state index contributed by atoms with van der Waals surface area (Å²) in [7, 11) is -4.05. The van der Waals surface area contributed by atoms with Crippen LogP contribution in [0.4, 0.5) is 23.2 Å². The summed E-state index contributed by atoms with van der Waals surface area (Å²) >= 11 is 0. The SMILES string of the molecule is Cc1ccc(S(=O)(=O)Nc2ccc(F)cc2)cc1C(=O)NCC#Cc1cccc(C(F)(F)F)c1. The van der Waals surface area contributed by atoms with Gasteiger partial charge in [0.1, 0.15) is 5.82 Å². The van der Waals surface area contributed by atoms with E-state index in [0.29, 0.717) is 5.56 Å². The van der Waals surface area contributed by atoms with Gasteiger partial charge in [0, 0.05) is 16.8 Å². The van der Waals surface area contributed by atoms with E-state index in [-0.39, 0.29) is 28.3 Å². The zero-order valence-electron chi connectivity index (χ0n) is 17.7. The first-order valence-electron chi connectivity index (χ1n) is 9.79. The van der Waals surface area contributed by atoms with Gasteiger partial charge in [0.2, 0.25) is 0 Å². The lowest BCUT2D eigenvalue weighted by atomic mass is 10.1. The molecule has 34 heavy (non-hydrogen) atoms. The van der Waals surface area contributed by atoms with E-state index in [1.807, 2.05) is 0 Å². The number of anilines is 1. The van der Waals surface area contributed by atoms with E-state index < -0.39 is 33.5 Å². The fraction of sp³-hybridized carbons (Fsp3) is 0.125. The highest BCUT2D eigenvalue weighted by Crippen LogP contribution is 2.29. The van der Waals surface area contributed by atoms with Crippen LogP contribution in [0, 0.1) is 24.6 Å². The van der Waals surface area contributed by atoms with Crippen molar-refractivity contribution in [2.45, 2.75) is 18.0 Å². The second kappa shape index (κ2) is 9.97. The highest BCUT2D eigenvalue weighted by atomic mass is 32.2. The van der Waals surface area contributed by atoms with Crippen molar-refractivity contribution in [3.8, 4) is 11.8 Å². The van der Waals surface area contributed by atoms with Crippen molar-refractivity contribution < 1.29 is 30.8 Å². The molecule has 3 aromatic rings. The molecule has 0 aliphatic rings. The molecule has 10 heteroatoms. The maximum absolute atomic E-state index is 13.0. The van der Waals surface area contributed by atoms with E-state index >= 15 is 0 Å². The summed E-state index contributed by atoms with van der Waals surface area (Å²) in [5.74, 6) is 4.00. The fourth-order valence-electron chi connectivity index (χ4n) is 2.88. The molecule has 2 N–H and O–H groups in total. The molecule has 3 rings (SSSR count). The number of alkyl halides is 3. The van der Waals surface area contributed by atoms with Crippen molar-refractivity contribution >= 4 is 21.6 Å². The van der Waals surface area contributed by atoms with Crippen molar-refractivity contribution in [2.24, 2.45) is 0 Å². The number of hydrogen-bond acceptors (Lipinski definition) is 3. The molecular weight excluding hydrogens is 472 g/mol. The quantitative estimate of drug-likeness (QED) is 0.401. The third-order valence-electron chi connectivity index (χ3n) is 4.62. The van der Waals surface area contributed by atoms with Gasteiger partial charge in [-0.15, -0.1) is 0 Å². The van der Waals surface area contributed by atoms with Gasteiger partial charge in [0.15, 0.2) is 0 Å². The average molecular weight is 490 g/mol. The molecule has 0 aliphatic carbocycles. The molecule has 0 saturated carbocycles. The van der Waals surface area contributed by atoms with Crippen LogP contribution in [0.2, 0.25) is 0 Å². The Kier molecular flexibility index (Phi) is 7.27. The molecule has 0 unspecified atom stereocenters. The van der Waals surface area contributed by atoms with E-state index in [2.05, 4.69) is 21.9 Å². The summed E-state index contributed by atoms with van der Waals surface area (Å²) in [5, 5.41) is 2.50. The van der Waals surface area contributed by atoms with Crippen LogP contribution in [0.5, 0.6) is 0 Å². The molecule has 0 heterocycles. The first-order chi connectivity index (χ1) is 16.0. The number of halogens is 4. The molecule has 0 fully saturated rings. The Balaban J connectivity index is 1.71. The van der Waals surface area contributed by atoms with Crippen molar-refractivity contribution in [3.05, 3.63) is 94.8 Å². The molecule has 0 atom stereocenters. The van der Waals surface area contributed by atoms with Gasteiger partial charge >= 0.3 is 6.18 Å². The Labute approximate surface area is 193 Å². The van der Waals surface area contributed by atoms with Gasteiger partial charge in [0.25, 0.3) is 15.9 Å².